The molecule has 8 heteroatoms. The Balaban J connectivity index is 1.67. The molecule has 0 saturated carbocycles. The maximum absolute atomic E-state index is 13.0. The highest BCUT2D eigenvalue weighted by Crippen LogP contribution is 2.33. The lowest BCUT2D eigenvalue weighted by Crippen LogP contribution is -2.25. The fraction of sp³-hybridized carbons (Fsp3) is 0.286. The monoisotopic (exact) mass is 505 g/mol. The predicted molar refractivity (Wildman–Crippen MR) is 143 cm³/mol. The van der Waals surface area contributed by atoms with Gasteiger partial charge in [0.05, 0.1) is 31.2 Å². The van der Waals surface area contributed by atoms with Crippen molar-refractivity contribution in [1.82, 2.24) is 14.9 Å². The van der Waals surface area contributed by atoms with Crippen molar-refractivity contribution < 1.29 is 19.0 Å². The molecule has 0 aliphatic carbocycles. The Morgan fingerprint density at radius 1 is 1.00 bits per heavy atom. The van der Waals surface area contributed by atoms with Gasteiger partial charge >= 0.3 is 0 Å². The van der Waals surface area contributed by atoms with Crippen LogP contribution < -0.4 is 14.8 Å². The van der Waals surface area contributed by atoms with Gasteiger partial charge in [-0.05, 0) is 61.4 Å². The summed E-state index contributed by atoms with van der Waals surface area (Å²) < 4.78 is 17.8. The molecule has 1 amide bonds. The van der Waals surface area contributed by atoms with Gasteiger partial charge in [-0.2, -0.15) is 0 Å². The minimum Gasteiger partial charge on any atom is -0.497 e. The van der Waals surface area contributed by atoms with Crippen LogP contribution in [0.15, 0.2) is 60.0 Å². The third-order valence-electron chi connectivity index (χ3n) is 6.03. The topological polar surface area (TPSA) is 74.6 Å². The summed E-state index contributed by atoms with van der Waals surface area (Å²) in [5.74, 6) is 1.52. The number of carbonyl (C=O) groups excluding carboxylic acids is 1. The Bertz CT molecular complexity index is 1290. The van der Waals surface area contributed by atoms with Crippen molar-refractivity contribution in [2.75, 3.05) is 34.5 Å². The predicted octanol–water partition coefficient (Wildman–Crippen LogP) is 5.42. The Hall–Kier alpha value is -3.62. The van der Waals surface area contributed by atoms with Crippen LogP contribution in [0.3, 0.4) is 0 Å². The fourth-order valence-corrected chi connectivity index (χ4v) is 4.80. The number of amides is 1. The summed E-state index contributed by atoms with van der Waals surface area (Å²) >= 11 is 1.58. The Morgan fingerprint density at radius 3 is 2.31 bits per heavy atom. The molecule has 0 unspecified atom stereocenters. The number of thiazole rings is 1. The molecule has 36 heavy (non-hydrogen) atoms. The minimum absolute atomic E-state index is 0.0936. The molecule has 0 aliphatic heterocycles. The molecule has 4 rings (SSSR count). The molecule has 0 spiro atoms. The number of methoxy groups -OCH3 is 3. The number of hydrogen-bond donors (Lipinski definition) is 1. The number of ether oxygens (including phenoxy) is 3. The van der Waals surface area contributed by atoms with Crippen LogP contribution in [0.25, 0.3) is 22.0 Å². The van der Waals surface area contributed by atoms with Gasteiger partial charge in [0.25, 0.3) is 5.91 Å². The van der Waals surface area contributed by atoms with Crippen molar-refractivity contribution in [3.05, 3.63) is 76.8 Å². The van der Waals surface area contributed by atoms with Gasteiger partial charge in [-0.3, -0.25) is 4.79 Å². The lowest BCUT2D eigenvalue weighted by atomic mass is 10.2. The second-order valence-corrected chi connectivity index (χ2v) is 9.19. The second-order valence-electron chi connectivity index (χ2n) is 8.33. The molecule has 0 saturated heterocycles. The van der Waals surface area contributed by atoms with Gasteiger partial charge < -0.3 is 24.1 Å². The van der Waals surface area contributed by atoms with E-state index in [1.807, 2.05) is 66.9 Å². The van der Waals surface area contributed by atoms with Crippen LogP contribution in [-0.4, -0.2) is 49.9 Å². The number of carbonyl (C=O) groups is 1. The van der Waals surface area contributed by atoms with Crippen molar-refractivity contribution in [3.8, 4) is 33.5 Å². The zero-order valence-corrected chi connectivity index (χ0v) is 21.9. The maximum Gasteiger partial charge on any atom is 0.253 e. The average molecular weight is 506 g/mol. The first-order valence-corrected chi connectivity index (χ1v) is 12.6. The average Bonchev–Trinajstić information content (AvgIpc) is 3.52. The number of nitrogens with zero attached hydrogens (tertiary/aromatic N) is 2. The van der Waals surface area contributed by atoms with E-state index in [-0.39, 0.29) is 5.91 Å². The number of benzene rings is 2. The number of hydrogen-bond acceptors (Lipinski definition) is 6. The number of aromatic nitrogens is 2. The van der Waals surface area contributed by atoms with Gasteiger partial charge in [-0.1, -0.05) is 12.1 Å². The fourth-order valence-electron chi connectivity index (χ4n) is 3.98. The summed E-state index contributed by atoms with van der Waals surface area (Å²) in [7, 11) is 4.97. The van der Waals surface area contributed by atoms with Crippen molar-refractivity contribution in [3.63, 3.8) is 0 Å². The zero-order chi connectivity index (χ0) is 25.5. The van der Waals surface area contributed by atoms with Crippen molar-refractivity contribution in [2.45, 2.75) is 19.9 Å². The van der Waals surface area contributed by atoms with E-state index < -0.39 is 0 Å². The quantitative estimate of drug-likeness (QED) is 0.276. The van der Waals surface area contributed by atoms with Crippen molar-refractivity contribution >= 4 is 17.2 Å². The first kappa shape index (κ1) is 25.5. The van der Waals surface area contributed by atoms with Gasteiger partial charge in [0.15, 0.2) is 0 Å². The van der Waals surface area contributed by atoms with Crippen LogP contribution in [0.1, 0.15) is 28.0 Å². The Labute approximate surface area is 215 Å². The molecule has 0 bridgehead atoms. The van der Waals surface area contributed by atoms with Crippen LogP contribution in [-0.2, 0) is 11.3 Å². The molecule has 7 nitrogen and oxygen atoms in total. The van der Waals surface area contributed by atoms with Gasteiger partial charge in [0.2, 0.25) is 0 Å². The molecule has 188 valence electrons. The normalized spacial score (nSPS) is 10.9. The molecular formula is C28H31N3O4S. The van der Waals surface area contributed by atoms with Crippen LogP contribution in [0.2, 0.25) is 0 Å². The first-order valence-electron chi connectivity index (χ1n) is 11.7. The van der Waals surface area contributed by atoms with Crippen LogP contribution >= 0.6 is 11.3 Å². The highest BCUT2D eigenvalue weighted by Gasteiger charge is 2.20. The Kier molecular flexibility index (Phi) is 8.40. The molecule has 0 aliphatic rings. The van der Waals surface area contributed by atoms with Crippen LogP contribution in [0.4, 0.5) is 0 Å². The molecule has 0 fully saturated rings. The SMILES string of the molecule is COCCCNC(=O)c1cc(-c2csc(-c3ccc(OC)cc3)n2)n(Cc2ccc(OC)cc2)c1C. The highest BCUT2D eigenvalue weighted by molar-refractivity contribution is 7.13. The van der Waals surface area contributed by atoms with E-state index in [0.717, 1.165) is 51.1 Å². The Morgan fingerprint density at radius 2 is 1.67 bits per heavy atom. The van der Waals surface area contributed by atoms with E-state index >= 15 is 0 Å². The van der Waals surface area contributed by atoms with E-state index in [9.17, 15) is 4.79 Å². The molecule has 2 aromatic carbocycles. The molecule has 1 N–H and O–H groups in total. The number of nitrogens with one attached hydrogen (secondary N) is 1. The lowest BCUT2D eigenvalue weighted by Gasteiger charge is -2.12. The van der Waals surface area contributed by atoms with E-state index in [4.69, 9.17) is 19.2 Å². The third kappa shape index (κ3) is 5.78. The summed E-state index contributed by atoms with van der Waals surface area (Å²) in [4.78, 5) is 18.0. The van der Waals surface area contributed by atoms with Crippen molar-refractivity contribution in [2.24, 2.45) is 0 Å². The molecule has 2 aromatic heterocycles. The summed E-state index contributed by atoms with van der Waals surface area (Å²) in [5.41, 5.74) is 5.41. The largest absolute Gasteiger partial charge is 0.497 e. The van der Waals surface area contributed by atoms with Gasteiger partial charge in [0.1, 0.15) is 16.5 Å². The van der Waals surface area contributed by atoms with Crippen LogP contribution in [0, 0.1) is 6.92 Å². The standard InChI is InChI=1S/C28H31N3O4S/c1-19-24(27(32)29-14-5-15-33-2)16-26(31(19)17-20-6-10-22(34-3)11-7-20)25-18-36-28(30-25)21-8-12-23(35-4)13-9-21/h6-13,16,18H,5,14-15,17H2,1-4H3,(H,29,32). The first-order chi connectivity index (χ1) is 17.5. The second kappa shape index (κ2) is 11.9. The summed E-state index contributed by atoms with van der Waals surface area (Å²) in [6.07, 6.45) is 0.762. The van der Waals surface area contributed by atoms with E-state index in [1.54, 1.807) is 32.7 Å². The van der Waals surface area contributed by atoms with Gasteiger partial charge in [-0.15, -0.1) is 11.3 Å². The molecule has 0 atom stereocenters. The summed E-state index contributed by atoms with van der Waals surface area (Å²) in [5, 5.41) is 5.96. The zero-order valence-electron chi connectivity index (χ0n) is 21.0. The number of rotatable bonds is 11. The van der Waals surface area contributed by atoms with E-state index in [2.05, 4.69) is 9.88 Å². The van der Waals surface area contributed by atoms with Gasteiger partial charge in [0, 0.05) is 43.4 Å². The summed E-state index contributed by atoms with van der Waals surface area (Å²) in [6, 6.07) is 17.8. The highest BCUT2D eigenvalue weighted by atomic mass is 32.1. The third-order valence-corrected chi connectivity index (χ3v) is 6.92. The van der Waals surface area contributed by atoms with E-state index in [1.165, 1.54) is 0 Å². The lowest BCUT2D eigenvalue weighted by molar-refractivity contribution is 0.0948. The molecule has 2 heterocycles. The minimum atomic E-state index is -0.0936. The molecular weight excluding hydrogens is 474 g/mol. The van der Waals surface area contributed by atoms with Crippen LogP contribution in [0.5, 0.6) is 11.5 Å². The van der Waals surface area contributed by atoms with E-state index in [0.29, 0.717) is 25.3 Å². The molecule has 4 aromatic rings. The smallest absolute Gasteiger partial charge is 0.253 e. The summed E-state index contributed by atoms with van der Waals surface area (Å²) in [6.45, 7) is 3.75. The maximum atomic E-state index is 13.0. The van der Waals surface area contributed by atoms with Gasteiger partial charge in [-0.25, -0.2) is 4.98 Å². The molecule has 0 radical (unpaired) electrons. The van der Waals surface area contributed by atoms with Crippen molar-refractivity contribution in [1.29, 1.82) is 0 Å².